The van der Waals surface area contributed by atoms with Gasteiger partial charge < -0.3 is 15.1 Å². The number of hydrogen-bond acceptors (Lipinski definition) is 3. The Bertz CT molecular complexity index is 442. The molecule has 1 N–H and O–H groups in total. The number of anilines is 1. The average molecular weight is 268 g/mol. The maximum Gasteiger partial charge on any atom is 0.252 e. The third-order valence-corrected chi connectivity index (χ3v) is 3.61. The van der Waals surface area contributed by atoms with Crippen LogP contribution in [0.4, 0.5) is 5.69 Å². The van der Waals surface area contributed by atoms with Crippen LogP contribution in [0.3, 0.4) is 0 Å². The number of nitrogens with one attached hydrogen (secondary N) is 1. The first kappa shape index (κ1) is 13.2. The van der Waals surface area contributed by atoms with Gasteiger partial charge in [-0.1, -0.05) is 11.6 Å². The lowest BCUT2D eigenvalue weighted by Gasteiger charge is -2.34. The largest absolute Gasteiger partial charge is 0.369 e. The van der Waals surface area contributed by atoms with Crippen molar-refractivity contribution in [3.63, 3.8) is 0 Å². The fourth-order valence-corrected chi connectivity index (χ4v) is 2.34. The molecule has 18 heavy (non-hydrogen) atoms. The lowest BCUT2D eigenvalue weighted by Crippen LogP contribution is -2.44. The third kappa shape index (κ3) is 2.76. The summed E-state index contributed by atoms with van der Waals surface area (Å²) in [6, 6.07) is 5.62. The zero-order valence-corrected chi connectivity index (χ0v) is 11.5. The van der Waals surface area contributed by atoms with E-state index in [-0.39, 0.29) is 5.91 Å². The van der Waals surface area contributed by atoms with E-state index < -0.39 is 0 Å². The van der Waals surface area contributed by atoms with Crippen molar-refractivity contribution in [2.45, 2.75) is 0 Å². The molecule has 4 nitrogen and oxygen atoms in total. The van der Waals surface area contributed by atoms with Crippen LogP contribution in [0, 0.1) is 0 Å². The second kappa shape index (κ2) is 5.59. The van der Waals surface area contributed by atoms with Gasteiger partial charge in [-0.05, 0) is 25.2 Å². The molecule has 1 aromatic rings. The van der Waals surface area contributed by atoms with Crippen molar-refractivity contribution in [1.82, 2.24) is 10.2 Å². The summed E-state index contributed by atoms with van der Waals surface area (Å²) in [5.41, 5.74) is 1.61. The minimum Gasteiger partial charge on any atom is -0.369 e. The van der Waals surface area contributed by atoms with Gasteiger partial charge in [0.25, 0.3) is 5.91 Å². The highest BCUT2D eigenvalue weighted by Crippen LogP contribution is 2.24. The lowest BCUT2D eigenvalue weighted by atomic mass is 10.1. The van der Waals surface area contributed by atoms with Crippen LogP contribution >= 0.6 is 11.6 Å². The number of nitrogens with zero attached hydrogens (tertiary/aromatic N) is 2. The molecule has 1 aliphatic rings. The minimum atomic E-state index is -0.148. The van der Waals surface area contributed by atoms with Crippen LogP contribution in [0.2, 0.25) is 5.02 Å². The number of carbonyl (C=O) groups is 1. The van der Waals surface area contributed by atoms with E-state index in [9.17, 15) is 4.79 Å². The Morgan fingerprint density at radius 2 is 1.94 bits per heavy atom. The number of hydrogen-bond donors (Lipinski definition) is 1. The number of rotatable bonds is 2. The fraction of sp³-hybridized carbons (Fsp3) is 0.462. The molecule has 0 aliphatic carbocycles. The Labute approximate surface area is 113 Å². The molecule has 0 bridgehead atoms. The molecule has 1 amide bonds. The lowest BCUT2D eigenvalue weighted by molar-refractivity contribution is 0.0963. The van der Waals surface area contributed by atoms with E-state index in [2.05, 4.69) is 22.2 Å². The van der Waals surface area contributed by atoms with Crippen LogP contribution in [0.25, 0.3) is 0 Å². The van der Waals surface area contributed by atoms with E-state index in [1.165, 1.54) is 0 Å². The molecule has 1 aromatic carbocycles. The molecular weight excluding hydrogens is 250 g/mol. The van der Waals surface area contributed by atoms with Gasteiger partial charge in [0.2, 0.25) is 0 Å². The molecule has 0 aromatic heterocycles. The summed E-state index contributed by atoms with van der Waals surface area (Å²) in [6.45, 7) is 4.09. The summed E-state index contributed by atoms with van der Waals surface area (Å²) in [5.74, 6) is -0.148. The Morgan fingerprint density at radius 3 is 2.50 bits per heavy atom. The van der Waals surface area contributed by atoms with E-state index in [1.807, 2.05) is 12.1 Å². The van der Waals surface area contributed by atoms with Gasteiger partial charge in [-0.25, -0.2) is 0 Å². The van der Waals surface area contributed by atoms with Gasteiger partial charge in [0.15, 0.2) is 0 Å². The first-order valence-corrected chi connectivity index (χ1v) is 6.44. The van der Waals surface area contributed by atoms with Crippen molar-refractivity contribution in [1.29, 1.82) is 0 Å². The molecule has 2 rings (SSSR count). The number of likely N-dealkylation sites (N-methyl/N-ethyl adjacent to an activating group) is 1. The molecule has 0 spiro atoms. The standard InChI is InChI=1S/C13H18ClN3O/c1-15-13(18)11-4-3-10(9-12(11)14)17-7-5-16(2)6-8-17/h3-4,9H,5-8H2,1-2H3,(H,15,18). The molecular formula is C13H18ClN3O. The van der Waals surface area contributed by atoms with Crippen molar-refractivity contribution in [3.05, 3.63) is 28.8 Å². The van der Waals surface area contributed by atoms with Crippen molar-refractivity contribution >= 4 is 23.2 Å². The second-order valence-electron chi connectivity index (χ2n) is 4.53. The van der Waals surface area contributed by atoms with Crippen molar-refractivity contribution in [2.75, 3.05) is 45.2 Å². The molecule has 1 heterocycles. The number of piperazine rings is 1. The zero-order valence-electron chi connectivity index (χ0n) is 10.7. The molecule has 1 saturated heterocycles. The quantitative estimate of drug-likeness (QED) is 0.881. The smallest absolute Gasteiger partial charge is 0.252 e. The van der Waals surface area contributed by atoms with Crippen LogP contribution in [0.5, 0.6) is 0 Å². The second-order valence-corrected chi connectivity index (χ2v) is 4.94. The fourth-order valence-electron chi connectivity index (χ4n) is 2.08. The minimum absolute atomic E-state index is 0.148. The Hall–Kier alpha value is -1.26. The predicted molar refractivity (Wildman–Crippen MR) is 74.6 cm³/mol. The third-order valence-electron chi connectivity index (χ3n) is 3.29. The molecule has 0 radical (unpaired) electrons. The van der Waals surface area contributed by atoms with Gasteiger partial charge in [0.1, 0.15) is 0 Å². The molecule has 0 unspecified atom stereocenters. The van der Waals surface area contributed by atoms with E-state index in [4.69, 9.17) is 11.6 Å². The van der Waals surface area contributed by atoms with Crippen LogP contribution in [0.1, 0.15) is 10.4 Å². The van der Waals surface area contributed by atoms with Crippen molar-refractivity contribution in [3.8, 4) is 0 Å². The van der Waals surface area contributed by atoms with E-state index >= 15 is 0 Å². The monoisotopic (exact) mass is 267 g/mol. The van der Waals surface area contributed by atoms with E-state index in [0.29, 0.717) is 10.6 Å². The Morgan fingerprint density at radius 1 is 1.28 bits per heavy atom. The van der Waals surface area contributed by atoms with Gasteiger partial charge in [-0.3, -0.25) is 4.79 Å². The predicted octanol–water partition coefficient (Wildman–Crippen LogP) is 1.45. The first-order chi connectivity index (χ1) is 8.61. The summed E-state index contributed by atoms with van der Waals surface area (Å²) in [5, 5.41) is 3.09. The topological polar surface area (TPSA) is 35.6 Å². The average Bonchev–Trinajstić information content (AvgIpc) is 2.38. The van der Waals surface area contributed by atoms with Crippen molar-refractivity contribution in [2.24, 2.45) is 0 Å². The summed E-state index contributed by atoms with van der Waals surface area (Å²) >= 11 is 6.15. The molecule has 98 valence electrons. The highest BCUT2D eigenvalue weighted by atomic mass is 35.5. The Kier molecular flexibility index (Phi) is 4.09. The van der Waals surface area contributed by atoms with Gasteiger partial charge >= 0.3 is 0 Å². The van der Waals surface area contributed by atoms with Gasteiger partial charge in [0.05, 0.1) is 10.6 Å². The maximum atomic E-state index is 11.5. The molecule has 0 atom stereocenters. The van der Waals surface area contributed by atoms with Gasteiger partial charge in [0, 0.05) is 38.9 Å². The number of amides is 1. The summed E-state index contributed by atoms with van der Waals surface area (Å²) in [4.78, 5) is 16.1. The SMILES string of the molecule is CNC(=O)c1ccc(N2CCN(C)CC2)cc1Cl. The molecule has 1 fully saturated rings. The summed E-state index contributed by atoms with van der Waals surface area (Å²) in [7, 11) is 3.73. The van der Waals surface area contributed by atoms with Crippen molar-refractivity contribution < 1.29 is 4.79 Å². The highest BCUT2D eigenvalue weighted by molar-refractivity contribution is 6.34. The zero-order chi connectivity index (χ0) is 13.1. The number of halogens is 1. The van der Waals surface area contributed by atoms with Crippen LogP contribution in [-0.2, 0) is 0 Å². The summed E-state index contributed by atoms with van der Waals surface area (Å²) < 4.78 is 0. The van der Waals surface area contributed by atoms with E-state index in [1.54, 1.807) is 13.1 Å². The van der Waals surface area contributed by atoms with Crippen LogP contribution < -0.4 is 10.2 Å². The summed E-state index contributed by atoms with van der Waals surface area (Å²) in [6.07, 6.45) is 0. The number of benzene rings is 1. The molecule has 1 aliphatic heterocycles. The first-order valence-electron chi connectivity index (χ1n) is 6.07. The van der Waals surface area contributed by atoms with E-state index in [0.717, 1.165) is 31.9 Å². The van der Waals surface area contributed by atoms with Gasteiger partial charge in [-0.15, -0.1) is 0 Å². The van der Waals surface area contributed by atoms with Gasteiger partial charge in [-0.2, -0.15) is 0 Å². The number of carbonyl (C=O) groups excluding carboxylic acids is 1. The molecule has 0 saturated carbocycles. The normalized spacial score (nSPS) is 16.7. The molecule has 5 heteroatoms. The highest BCUT2D eigenvalue weighted by Gasteiger charge is 2.16. The maximum absolute atomic E-state index is 11.5. The van der Waals surface area contributed by atoms with Crippen LogP contribution in [-0.4, -0.2) is 51.1 Å². The van der Waals surface area contributed by atoms with Crippen LogP contribution in [0.15, 0.2) is 18.2 Å². The Balaban J connectivity index is 2.16.